The molecule has 1 saturated heterocycles. The van der Waals surface area contributed by atoms with Crippen molar-refractivity contribution in [2.45, 2.75) is 18.5 Å². The summed E-state index contributed by atoms with van der Waals surface area (Å²) in [7, 11) is 4.58. The molecular weight excluding hydrogens is 370 g/mol. The molecular formula is C19H22ClN3O4. The van der Waals surface area contributed by atoms with Gasteiger partial charge in [0.2, 0.25) is 11.7 Å². The van der Waals surface area contributed by atoms with Crippen LogP contribution in [0.2, 0.25) is 5.02 Å². The van der Waals surface area contributed by atoms with Crippen molar-refractivity contribution >= 4 is 23.2 Å². The molecule has 0 bridgehead atoms. The summed E-state index contributed by atoms with van der Waals surface area (Å²) >= 11 is 6.25. The molecule has 0 aromatic heterocycles. The molecule has 144 valence electrons. The Morgan fingerprint density at radius 3 is 2.33 bits per heavy atom. The molecule has 2 aromatic rings. The highest BCUT2D eigenvalue weighted by Crippen LogP contribution is 2.40. The van der Waals surface area contributed by atoms with E-state index in [9.17, 15) is 4.79 Å². The molecule has 1 aliphatic rings. The van der Waals surface area contributed by atoms with Gasteiger partial charge in [-0.3, -0.25) is 4.79 Å². The van der Waals surface area contributed by atoms with E-state index in [2.05, 4.69) is 16.2 Å². The van der Waals surface area contributed by atoms with Gasteiger partial charge in [-0.05, 0) is 18.1 Å². The summed E-state index contributed by atoms with van der Waals surface area (Å²) in [4.78, 5) is 12.7. The minimum atomic E-state index is -0.412. The maximum atomic E-state index is 12.7. The van der Waals surface area contributed by atoms with Gasteiger partial charge in [-0.15, -0.1) is 0 Å². The fourth-order valence-corrected chi connectivity index (χ4v) is 3.34. The minimum Gasteiger partial charge on any atom is -0.493 e. The van der Waals surface area contributed by atoms with Crippen LogP contribution in [0.15, 0.2) is 36.4 Å². The second-order valence-corrected chi connectivity index (χ2v) is 6.46. The number of nitrogens with one attached hydrogen (secondary N) is 3. The Labute approximate surface area is 162 Å². The number of carbonyl (C=O) groups is 1. The highest BCUT2D eigenvalue weighted by molar-refractivity contribution is 6.31. The van der Waals surface area contributed by atoms with Gasteiger partial charge in [-0.1, -0.05) is 29.8 Å². The lowest BCUT2D eigenvalue weighted by atomic mass is 10.0. The Morgan fingerprint density at radius 1 is 1.07 bits per heavy atom. The lowest BCUT2D eigenvalue weighted by Crippen LogP contribution is -2.39. The second kappa shape index (κ2) is 8.47. The lowest BCUT2D eigenvalue weighted by Gasteiger charge is -2.16. The van der Waals surface area contributed by atoms with E-state index in [1.54, 1.807) is 12.1 Å². The average Bonchev–Trinajstić information content (AvgIpc) is 3.17. The summed E-state index contributed by atoms with van der Waals surface area (Å²) in [5, 5.41) is 3.55. The quantitative estimate of drug-likeness (QED) is 0.702. The average molecular weight is 392 g/mol. The number of hydrogen-bond acceptors (Lipinski definition) is 6. The second-order valence-electron chi connectivity index (χ2n) is 6.05. The molecule has 0 spiro atoms. The maximum Gasteiger partial charge on any atom is 0.242 e. The third-order valence-corrected chi connectivity index (χ3v) is 4.78. The van der Waals surface area contributed by atoms with E-state index in [4.69, 9.17) is 25.8 Å². The van der Waals surface area contributed by atoms with Gasteiger partial charge in [-0.25, -0.2) is 10.9 Å². The molecule has 1 heterocycles. The number of rotatable bonds is 6. The van der Waals surface area contributed by atoms with Gasteiger partial charge in [0.25, 0.3) is 0 Å². The van der Waals surface area contributed by atoms with Crippen molar-refractivity contribution in [1.29, 1.82) is 0 Å². The zero-order chi connectivity index (χ0) is 19.4. The molecule has 8 heteroatoms. The number of amides is 1. The first-order chi connectivity index (χ1) is 13.1. The molecule has 2 aromatic carbocycles. The molecule has 0 saturated carbocycles. The highest BCUT2D eigenvalue weighted by Gasteiger charge is 2.31. The van der Waals surface area contributed by atoms with Gasteiger partial charge >= 0.3 is 0 Å². The van der Waals surface area contributed by atoms with Crippen LogP contribution in [0.25, 0.3) is 0 Å². The Balaban J connectivity index is 1.72. The first-order valence-electron chi connectivity index (χ1n) is 8.43. The van der Waals surface area contributed by atoms with E-state index in [0.717, 1.165) is 5.56 Å². The Morgan fingerprint density at radius 2 is 1.74 bits per heavy atom. The Bertz CT molecular complexity index is 805. The largest absolute Gasteiger partial charge is 0.493 e. The number of carbonyl (C=O) groups excluding carboxylic acids is 1. The van der Waals surface area contributed by atoms with Crippen molar-refractivity contribution < 1.29 is 19.0 Å². The Hall–Kier alpha value is -2.48. The third kappa shape index (κ3) is 4.10. The molecule has 2 atom stereocenters. The van der Waals surface area contributed by atoms with Gasteiger partial charge in [-0.2, -0.15) is 0 Å². The zero-order valence-corrected chi connectivity index (χ0v) is 16.1. The van der Waals surface area contributed by atoms with Gasteiger partial charge in [0, 0.05) is 28.9 Å². The summed E-state index contributed by atoms with van der Waals surface area (Å²) in [6.45, 7) is 0. The van der Waals surface area contributed by atoms with Crippen LogP contribution in [0.3, 0.4) is 0 Å². The predicted octanol–water partition coefficient (Wildman–Crippen LogP) is 2.91. The molecule has 1 aliphatic heterocycles. The molecule has 7 nitrogen and oxygen atoms in total. The standard InChI is InChI=1S/C19H22ClN3O4/c1-25-16-8-11(9-17(26-2)18(16)27-3)21-19(24)15-10-14(22-23-15)12-6-4-5-7-13(12)20/h4-9,14-15,22-23H,10H2,1-3H3,(H,21,24). The van der Waals surface area contributed by atoms with Crippen LogP contribution in [0, 0.1) is 0 Å². The van der Waals surface area contributed by atoms with Crippen molar-refractivity contribution in [2.75, 3.05) is 26.6 Å². The van der Waals surface area contributed by atoms with E-state index in [-0.39, 0.29) is 11.9 Å². The minimum absolute atomic E-state index is 0.0469. The summed E-state index contributed by atoms with van der Waals surface area (Å²) < 4.78 is 15.9. The number of methoxy groups -OCH3 is 3. The SMILES string of the molecule is COc1cc(NC(=O)C2CC(c3ccccc3Cl)NN2)cc(OC)c1OC. The molecule has 1 fully saturated rings. The van der Waals surface area contributed by atoms with Crippen LogP contribution in [0.4, 0.5) is 5.69 Å². The van der Waals surface area contributed by atoms with E-state index >= 15 is 0 Å². The van der Waals surface area contributed by atoms with E-state index in [0.29, 0.717) is 34.4 Å². The highest BCUT2D eigenvalue weighted by atomic mass is 35.5. The number of ether oxygens (including phenoxy) is 3. The summed E-state index contributed by atoms with van der Waals surface area (Å²) in [5.74, 6) is 1.24. The van der Waals surface area contributed by atoms with Gasteiger partial charge < -0.3 is 19.5 Å². The van der Waals surface area contributed by atoms with Crippen LogP contribution in [-0.2, 0) is 4.79 Å². The first kappa shape index (κ1) is 19.3. The van der Waals surface area contributed by atoms with Crippen molar-refractivity contribution in [1.82, 2.24) is 10.9 Å². The van der Waals surface area contributed by atoms with Crippen LogP contribution in [0.1, 0.15) is 18.0 Å². The number of halogens is 1. The fourth-order valence-electron chi connectivity index (χ4n) is 3.07. The monoisotopic (exact) mass is 391 g/mol. The summed E-state index contributed by atoms with van der Waals surface area (Å²) in [6.07, 6.45) is 0.569. The summed E-state index contributed by atoms with van der Waals surface area (Å²) in [6, 6.07) is 10.5. The van der Waals surface area contributed by atoms with Crippen molar-refractivity contribution in [3.8, 4) is 17.2 Å². The first-order valence-corrected chi connectivity index (χ1v) is 8.81. The molecule has 1 amide bonds. The topological polar surface area (TPSA) is 80.9 Å². The molecule has 0 radical (unpaired) electrons. The molecule has 2 unspecified atom stereocenters. The van der Waals surface area contributed by atoms with Crippen LogP contribution in [0.5, 0.6) is 17.2 Å². The van der Waals surface area contributed by atoms with E-state index in [1.165, 1.54) is 21.3 Å². The normalized spacial score (nSPS) is 18.8. The maximum absolute atomic E-state index is 12.7. The van der Waals surface area contributed by atoms with E-state index < -0.39 is 6.04 Å². The van der Waals surface area contributed by atoms with Crippen LogP contribution >= 0.6 is 11.6 Å². The number of benzene rings is 2. The molecule has 27 heavy (non-hydrogen) atoms. The molecule has 3 N–H and O–H groups in total. The number of hydrogen-bond donors (Lipinski definition) is 3. The lowest BCUT2D eigenvalue weighted by molar-refractivity contribution is -0.117. The smallest absolute Gasteiger partial charge is 0.242 e. The van der Waals surface area contributed by atoms with Gasteiger partial charge in [0.15, 0.2) is 11.5 Å². The predicted molar refractivity (Wildman–Crippen MR) is 104 cm³/mol. The van der Waals surface area contributed by atoms with E-state index in [1.807, 2.05) is 24.3 Å². The molecule has 3 rings (SSSR count). The van der Waals surface area contributed by atoms with Crippen LogP contribution < -0.4 is 30.4 Å². The molecule has 0 aliphatic carbocycles. The van der Waals surface area contributed by atoms with Crippen molar-refractivity contribution in [2.24, 2.45) is 0 Å². The third-order valence-electron chi connectivity index (χ3n) is 4.43. The van der Waals surface area contributed by atoms with Gasteiger partial charge in [0.05, 0.1) is 21.3 Å². The zero-order valence-electron chi connectivity index (χ0n) is 15.3. The Kier molecular flexibility index (Phi) is 6.05. The number of hydrazine groups is 1. The van der Waals surface area contributed by atoms with Crippen LogP contribution in [-0.4, -0.2) is 33.3 Å². The fraction of sp³-hybridized carbons (Fsp3) is 0.316. The van der Waals surface area contributed by atoms with Crippen molar-refractivity contribution in [3.63, 3.8) is 0 Å². The van der Waals surface area contributed by atoms with Gasteiger partial charge in [0.1, 0.15) is 6.04 Å². The number of anilines is 1. The van der Waals surface area contributed by atoms with Crippen molar-refractivity contribution in [3.05, 3.63) is 47.0 Å². The summed E-state index contributed by atoms with van der Waals surface area (Å²) in [5.41, 5.74) is 7.66.